The molecule has 0 aliphatic rings. The van der Waals surface area contributed by atoms with Gasteiger partial charge in [-0.3, -0.25) is 4.98 Å². The van der Waals surface area contributed by atoms with E-state index in [1.54, 1.807) is 29.1 Å². The second kappa shape index (κ2) is 9.15. The highest BCUT2D eigenvalue weighted by Gasteiger charge is 2.19. The lowest BCUT2D eigenvalue weighted by Gasteiger charge is -2.27. The zero-order valence-electron chi connectivity index (χ0n) is 13.5. The third-order valence-electron chi connectivity index (χ3n) is 3.51. The van der Waals surface area contributed by atoms with Gasteiger partial charge in [0, 0.05) is 37.9 Å². The number of rotatable bonds is 7. The number of hydrogen-bond donors (Lipinski definition) is 1. The average molecular weight is 330 g/mol. The van der Waals surface area contributed by atoms with Crippen molar-refractivity contribution < 1.29 is 4.79 Å². The van der Waals surface area contributed by atoms with Gasteiger partial charge in [-0.15, -0.1) is 11.8 Å². The highest BCUT2D eigenvalue weighted by Crippen LogP contribution is 2.21. The summed E-state index contributed by atoms with van der Waals surface area (Å²) >= 11 is 1.63. The Morgan fingerprint density at radius 2 is 2.17 bits per heavy atom. The molecular weight excluding hydrogens is 308 g/mol. The van der Waals surface area contributed by atoms with E-state index in [2.05, 4.69) is 22.2 Å². The third kappa shape index (κ3) is 5.25. The number of aromatic nitrogens is 2. The van der Waals surface area contributed by atoms with Gasteiger partial charge in [0.15, 0.2) is 0 Å². The topological polar surface area (TPSA) is 58.1 Å². The van der Waals surface area contributed by atoms with Gasteiger partial charge in [-0.05, 0) is 30.2 Å². The summed E-state index contributed by atoms with van der Waals surface area (Å²) in [6, 6.07) is 9.68. The lowest BCUT2D eigenvalue weighted by molar-refractivity contribution is 0.189. The first-order chi connectivity index (χ1) is 11.2. The molecule has 23 heavy (non-hydrogen) atoms. The molecule has 122 valence electrons. The molecule has 2 amide bonds. The van der Waals surface area contributed by atoms with Crippen LogP contribution in [0.15, 0.2) is 53.9 Å². The predicted molar refractivity (Wildman–Crippen MR) is 93.4 cm³/mol. The Morgan fingerprint density at radius 3 is 2.83 bits per heavy atom. The van der Waals surface area contributed by atoms with Crippen LogP contribution in [-0.2, 0) is 0 Å². The van der Waals surface area contributed by atoms with Crippen molar-refractivity contribution in [1.29, 1.82) is 0 Å². The number of nitrogens with one attached hydrogen (secondary N) is 1. The normalized spacial score (nSPS) is 11.7. The Balaban J connectivity index is 1.80. The summed E-state index contributed by atoms with van der Waals surface area (Å²) < 4.78 is 0. The zero-order chi connectivity index (χ0) is 16.5. The van der Waals surface area contributed by atoms with Crippen molar-refractivity contribution in [2.45, 2.75) is 24.4 Å². The lowest BCUT2D eigenvalue weighted by atomic mass is 10.1. The largest absolute Gasteiger partial charge is 0.337 e. The summed E-state index contributed by atoms with van der Waals surface area (Å²) in [6.07, 6.45) is 6.17. The fourth-order valence-corrected chi connectivity index (χ4v) is 3.04. The molecule has 6 heteroatoms. The molecule has 0 spiro atoms. The molecule has 0 fully saturated rings. The second-order valence-corrected chi connectivity index (χ2v) is 6.18. The van der Waals surface area contributed by atoms with Crippen LogP contribution in [0.4, 0.5) is 4.79 Å². The summed E-state index contributed by atoms with van der Waals surface area (Å²) in [5, 5.41) is 3.92. The first-order valence-corrected chi connectivity index (χ1v) is 8.65. The molecular formula is C17H22N4OS. The van der Waals surface area contributed by atoms with E-state index in [1.165, 1.54) is 0 Å². The van der Waals surface area contributed by atoms with Crippen LogP contribution in [0.3, 0.4) is 0 Å². The zero-order valence-corrected chi connectivity index (χ0v) is 14.3. The van der Waals surface area contributed by atoms with E-state index in [1.807, 2.05) is 43.6 Å². The Kier molecular flexibility index (Phi) is 6.87. The predicted octanol–water partition coefficient (Wildman–Crippen LogP) is 3.36. The maximum Gasteiger partial charge on any atom is 0.317 e. The molecule has 0 aliphatic carbocycles. The quantitative estimate of drug-likeness (QED) is 0.625. The van der Waals surface area contributed by atoms with E-state index >= 15 is 0 Å². The van der Waals surface area contributed by atoms with Crippen molar-refractivity contribution in [2.24, 2.45) is 0 Å². The second-order valence-electron chi connectivity index (χ2n) is 5.07. The Labute approximate surface area is 141 Å². The molecule has 1 N–H and O–H groups in total. The van der Waals surface area contributed by atoms with Crippen LogP contribution in [-0.4, -0.2) is 40.2 Å². The molecule has 2 aromatic heterocycles. The molecule has 1 atom stereocenters. The summed E-state index contributed by atoms with van der Waals surface area (Å²) in [5.41, 5.74) is 1.05. The van der Waals surface area contributed by atoms with Gasteiger partial charge in [-0.1, -0.05) is 19.1 Å². The Bertz CT molecular complexity index is 594. The number of amides is 2. The maximum atomic E-state index is 12.3. The number of urea groups is 1. The summed E-state index contributed by atoms with van der Waals surface area (Å²) in [4.78, 5) is 22.4. The van der Waals surface area contributed by atoms with Crippen LogP contribution in [0.1, 0.15) is 24.9 Å². The molecule has 1 unspecified atom stereocenters. The van der Waals surface area contributed by atoms with E-state index in [4.69, 9.17) is 0 Å². The number of hydrogen-bond acceptors (Lipinski definition) is 4. The first-order valence-electron chi connectivity index (χ1n) is 7.66. The van der Waals surface area contributed by atoms with Gasteiger partial charge < -0.3 is 10.2 Å². The highest BCUT2D eigenvalue weighted by molar-refractivity contribution is 7.99. The number of carbonyl (C=O) groups is 1. The van der Waals surface area contributed by atoms with Gasteiger partial charge >= 0.3 is 6.03 Å². The van der Waals surface area contributed by atoms with Gasteiger partial charge in [0.1, 0.15) is 0 Å². The molecule has 2 heterocycles. The Hall–Kier alpha value is -2.08. The van der Waals surface area contributed by atoms with E-state index in [0.717, 1.165) is 22.8 Å². The number of pyridine rings is 2. The van der Waals surface area contributed by atoms with E-state index in [-0.39, 0.29) is 12.1 Å². The van der Waals surface area contributed by atoms with E-state index < -0.39 is 0 Å². The number of thioether (sulfide) groups is 1. The molecule has 2 aromatic rings. The minimum absolute atomic E-state index is 0.0344. The van der Waals surface area contributed by atoms with Crippen molar-refractivity contribution in [3.63, 3.8) is 0 Å². The smallest absolute Gasteiger partial charge is 0.317 e. The first kappa shape index (κ1) is 17.3. The maximum absolute atomic E-state index is 12.3. The molecule has 0 radical (unpaired) electrons. The van der Waals surface area contributed by atoms with E-state index in [0.29, 0.717) is 6.54 Å². The van der Waals surface area contributed by atoms with Crippen LogP contribution >= 0.6 is 11.8 Å². The highest BCUT2D eigenvalue weighted by atomic mass is 32.2. The van der Waals surface area contributed by atoms with Crippen LogP contribution < -0.4 is 5.32 Å². The van der Waals surface area contributed by atoms with Gasteiger partial charge in [-0.2, -0.15) is 0 Å². The minimum atomic E-state index is -0.0673. The van der Waals surface area contributed by atoms with Crippen molar-refractivity contribution in [3.8, 4) is 0 Å². The fraction of sp³-hybridized carbons (Fsp3) is 0.353. The van der Waals surface area contributed by atoms with Crippen molar-refractivity contribution in [2.75, 3.05) is 19.3 Å². The minimum Gasteiger partial charge on any atom is -0.337 e. The monoisotopic (exact) mass is 330 g/mol. The molecule has 0 aromatic carbocycles. The van der Waals surface area contributed by atoms with Gasteiger partial charge in [0.25, 0.3) is 0 Å². The van der Waals surface area contributed by atoms with Crippen molar-refractivity contribution in [1.82, 2.24) is 20.2 Å². The summed E-state index contributed by atoms with van der Waals surface area (Å²) in [5.74, 6) is 0.792. The molecule has 0 aliphatic heterocycles. The lowest BCUT2D eigenvalue weighted by Crippen LogP contribution is -2.40. The summed E-state index contributed by atoms with van der Waals surface area (Å²) in [7, 11) is 1.82. The van der Waals surface area contributed by atoms with Crippen LogP contribution in [0, 0.1) is 0 Å². The third-order valence-corrected chi connectivity index (χ3v) is 4.46. The molecule has 0 bridgehead atoms. The van der Waals surface area contributed by atoms with Crippen molar-refractivity contribution >= 4 is 17.8 Å². The molecule has 0 saturated carbocycles. The van der Waals surface area contributed by atoms with Gasteiger partial charge in [-0.25, -0.2) is 9.78 Å². The number of carbonyl (C=O) groups excluding carboxylic acids is 1. The molecule has 0 saturated heterocycles. The molecule has 5 nitrogen and oxygen atoms in total. The van der Waals surface area contributed by atoms with Crippen LogP contribution in [0.2, 0.25) is 0 Å². The van der Waals surface area contributed by atoms with Crippen molar-refractivity contribution in [3.05, 3.63) is 54.5 Å². The summed E-state index contributed by atoms with van der Waals surface area (Å²) in [6.45, 7) is 2.67. The molecule has 2 rings (SSSR count). The SMILES string of the molecule is CCC(c1cccnc1)N(C)C(=O)NCCSc1ccccn1. The van der Waals surface area contributed by atoms with Crippen LogP contribution in [0.25, 0.3) is 0 Å². The fourth-order valence-electron chi connectivity index (χ4n) is 2.32. The van der Waals surface area contributed by atoms with Gasteiger partial charge in [0.05, 0.1) is 11.1 Å². The Morgan fingerprint density at radius 1 is 1.30 bits per heavy atom. The van der Waals surface area contributed by atoms with Crippen LogP contribution in [0.5, 0.6) is 0 Å². The van der Waals surface area contributed by atoms with Gasteiger partial charge in [0.2, 0.25) is 0 Å². The average Bonchev–Trinajstić information content (AvgIpc) is 2.61. The van der Waals surface area contributed by atoms with E-state index in [9.17, 15) is 4.79 Å². The number of nitrogens with zero attached hydrogens (tertiary/aromatic N) is 3. The standard InChI is InChI=1S/C17H22N4OS/c1-3-15(14-7-6-9-18-13-14)21(2)17(22)20-11-12-23-16-8-4-5-10-19-16/h4-10,13,15H,3,11-12H2,1-2H3,(H,20,22).